The summed E-state index contributed by atoms with van der Waals surface area (Å²) in [6.07, 6.45) is 47.1. The minimum absolute atomic E-state index is 0.107. The Morgan fingerprint density at radius 2 is 0.808 bits per heavy atom. The highest BCUT2D eigenvalue weighted by Crippen LogP contribution is 2.13. The predicted octanol–water partition coefficient (Wildman–Crippen LogP) is 13.6. The molecular formula is C46H80O6. The number of allylic oxidation sites excluding steroid dienone is 7. The van der Waals surface area contributed by atoms with E-state index in [2.05, 4.69) is 57.2 Å². The van der Waals surface area contributed by atoms with Crippen LogP contribution in [0.15, 0.2) is 48.6 Å². The van der Waals surface area contributed by atoms with Gasteiger partial charge in [0.1, 0.15) is 13.2 Å². The molecule has 0 aromatic heterocycles. The van der Waals surface area contributed by atoms with Crippen molar-refractivity contribution in [3.8, 4) is 0 Å². The first kappa shape index (κ1) is 49.4. The van der Waals surface area contributed by atoms with Gasteiger partial charge in [-0.15, -0.1) is 0 Å². The van der Waals surface area contributed by atoms with E-state index in [0.29, 0.717) is 12.8 Å². The van der Waals surface area contributed by atoms with Crippen molar-refractivity contribution in [2.75, 3.05) is 13.2 Å². The Kier molecular flexibility index (Phi) is 39.1. The van der Waals surface area contributed by atoms with E-state index in [4.69, 9.17) is 14.2 Å². The van der Waals surface area contributed by atoms with Crippen molar-refractivity contribution in [2.45, 2.75) is 213 Å². The van der Waals surface area contributed by atoms with E-state index in [1.807, 2.05) is 6.08 Å². The third-order valence-electron chi connectivity index (χ3n) is 9.10. The Hall–Kier alpha value is -2.63. The summed E-state index contributed by atoms with van der Waals surface area (Å²) in [5.41, 5.74) is 0. The average Bonchev–Trinajstić information content (AvgIpc) is 3.14. The maximum Gasteiger partial charge on any atom is 0.310 e. The molecule has 6 heteroatoms. The predicted molar refractivity (Wildman–Crippen MR) is 219 cm³/mol. The molecule has 0 aliphatic carbocycles. The van der Waals surface area contributed by atoms with Gasteiger partial charge in [-0.1, -0.05) is 179 Å². The van der Waals surface area contributed by atoms with Gasteiger partial charge < -0.3 is 14.2 Å². The average molecular weight is 729 g/mol. The molecule has 0 amide bonds. The molecular weight excluding hydrogens is 649 g/mol. The number of hydrogen-bond donors (Lipinski definition) is 0. The van der Waals surface area contributed by atoms with Crippen molar-refractivity contribution < 1.29 is 28.6 Å². The maximum absolute atomic E-state index is 12.6. The lowest BCUT2D eigenvalue weighted by Crippen LogP contribution is -2.30. The van der Waals surface area contributed by atoms with Crippen LogP contribution in [0.5, 0.6) is 0 Å². The van der Waals surface area contributed by atoms with Crippen LogP contribution >= 0.6 is 0 Å². The molecule has 0 N–H and O–H groups in total. The highest BCUT2D eigenvalue weighted by atomic mass is 16.6. The van der Waals surface area contributed by atoms with Gasteiger partial charge in [0, 0.05) is 12.8 Å². The first-order valence-electron chi connectivity index (χ1n) is 21.6. The standard InChI is InChI=1S/C46H80O6/c1-4-7-10-13-16-19-20-21-22-23-24-25-28-30-33-36-39-45(48)51-42-43(52-46(49)40-37-34-31-27-18-15-12-9-6-3)41-50-44(47)38-35-32-29-26-17-14-11-8-5-2/h9,12,18,22-23,27,34,37,43H,4-8,10-11,13-17,19-21,24-26,28-33,35-36,38-42H2,1-3H3/b12-9-,23-22-,27-18-,37-34-. The molecule has 0 radical (unpaired) electrons. The number of carbonyl (C=O) groups is 3. The second-order valence-electron chi connectivity index (χ2n) is 14.2. The van der Waals surface area contributed by atoms with E-state index < -0.39 is 12.1 Å². The minimum Gasteiger partial charge on any atom is -0.462 e. The van der Waals surface area contributed by atoms with Crippen molar-refractivity contribution in [2.24, 2.45) is 0 Å². The van der Waals surface area contributed by atoms with Crippen LogP contribution in [-0.4, -0.2) is 37.2 Å². The van der Waals surface area contributed by atoms with Crippen LogP contribution in [0.25, 0.3) is 0 Å². The summed E-state index contributed by atoms with van der Waals surface area (Å²) in [4.78, 5) is 37.4. The van der Waals surface area contributed by atoms with Gasteiger partial charge in [0.05, 0.1) is 6.42 Å². The van der Waals surface area contributed by atoms with Crippen molar-refractivity contribution in [1.29, 1.82) is 0 Å². The Bertz CT molecular complexity index is 933. The van der Waals surface area contributed by atoms with Crippen LogP contribution in [0.1, 0.15) is 207 Å². The van der Waals surface area contributed by atoms with E-state index in [-0.39, 0.29) is 31.6 Å². The number of esters is 3. The molecule has 1 atom stereocenters. The van der Waals surface area contributed by atoms with Crippen molar-refractivity contribution in [1.82, 2.24) is 0 Å². The minimum atomic E-state index is -0.819. The second-order valence-corrected chi connectivity index (χ2v) is 14.2. The third-order valence-corrected chi connectivity index (χ3v) is 9.10. The number of carbonyl (C=O) groups excluding carboxylic acids is 3. The molecule has 0 aromatic carbocycles. The number of ether oxygens (including phenoxy) is 3. The molecule has 1 unspecified atom stereocenters. The normalized spacial score (nSPS) is 12.4. The number of hydrogen-bond acceptors (Lipinski definition) is 6. The summed E-state index contributed by atoms with van der Waals surface area (Å²) < 4.78 is 16.5. The van der Waals surface area contributed by atoms with Crippen LogP contribution in [0, 0.1) is 0 Å². The van der Waals surface area contributed by atoms with Crippen LogP contribution in [0.3, 0.4) is 0 Å². The summed E-state index contributed by atoms with van der Waals surface area (Å²) >= 11 is 0. The lowest BCUT2D eigenvalue weighted by Gasteiger charge is -2.18. The van der Waals surface area contributed by atoms with Gasteiger partial charge in [-0.3, -0.25) is 14.4 Å². The summed E-state index contributed by atoms with van der Waals surface area (Å²) in [5.74, 6) is -1.05. The van der Waals surface area contributed by atoms with Crippen LogP contribution in [-0.2, 0) is 28.6 Å². The molecule has 0 saturated heterocycles. The summed E-state index contributed by atoms with van der Waals surface area (Å²) in [5, 5.41) is 0. The SMILES string of the molecule is CC/C=C\C/C=C\C/C=C\CC(=O)OC(COC(=O)CCCCCCC/C=C\CCCCCCCCC)COC(=O)CCCCCCCCCCC. The summed E-state index contributed by atoms with van der Waals surface area (Å²) in [7, 11) is 0. The fourth-order valence-electron chi connectivity index (χ4n) is 5.85. The van der Waals surface area contributed by atoms with E-state index in [0.717, 1.165) is 64.2 Å². The molecule has 52 heavy (non-hydrogen) atoms. The molecule has 0 heterocycles. The largest absolute Gasteiger partial charge is 0.462 e. The number of rotatable bonds is 38. The topological polar surface area (TPSA) is 78.9 Å². The van der Waals surface area contributed by atoms with Gasteiger partial charge >= 0.3 is 17.9 Å². The molecule has 0 rings (SSSR count). The highest BCUT2D eigenvalue weighted by Gasteiger charge is 2.19. The van der Waals surface area contributed by atoms with Crippen LogP contribution in [0.4, 0.5) is 0 Å². The second kappa shape index (κ2) is 41.1. The molecule has 0 bridgehead atoms. The monoisotopic (exact) mass is 729 g/mol. The highest BCUT2D eigenvalue weighted by molar-refractivity contribution is 5.72. The van der Waals surface area contributed by atoms with Crippen molar-refractivity contribution in [3.63, 3.8) is 0 Å². The molecule has 0 aliphatic rings. The quantitative estimate of drug-likeness (QED) is 0.0272. The fraction of sp³-hybridized carbons (Fsp3) is 0.761. The zero-order valence-corrected chi connectivity index (χ0v) is 34.1. The lowest BCUT2D eigenvalue weighted by molar-refractivity contribution is -0.166. The first-order valence-corrected chi connectivity index (χ1v) is 21.6. The summed E-state index contributed by atoms with van der Waals surface area (Å²) in [6.45, 7) is 6.38. The lowest BCUT2D eigenvalue weighted by atomic mass is 10.1. The fourth-order valence-corrected chi connectivity index (χ4v) is 5.85. The molecule has 0 spiro atoms. The molecule has 0 aliphatic heterocycles. The van der Waals surface area contributed by atoms with Gasteiger partial charge in [0.25, 0.3) is 0 Å². The third kappa shape index (κ3) is 38.6. The Morgan fingerprint density at radius 1 is 0.423 bits per heavy atom. The summed E-state index contributed by atoms with van der Waals surface area (Å²) in [6, 6.07) is 0. The van der Waals surface area contributed by atoms with Gasteiger partial charge in [0.2, 0.25) is 0 Å². The first-order chi connectivity index (χ1) is 25.5. The molecule has 0 saturated carbocycles. The smallest absolute Gasteiger partial charge is 0.310 e. The molecule has 0 fully saturated rings. The zero-order valence-electron chi connectivity index (χ0n) is 34.1. The van der Waals surface area contributed by atoms with Gasteiger partial charge in [-0.2, -0.15) is 0 Å². The van der Waals surface area contributed by atoms with E-state index >= 15 is 0 Å². The van der Waals surface area contributed by atoms with Gasteiger partial charge in [-0.25, -0.2) is 0 Å². The van der Waals surface area contributed by atoms with Gasteiger partial charge in [0.15, 0.2) is 6.10 Å². The van der Waals surface area contributed by atoms with Crippen LogP contribution < -0.4 is 0 Å². The van der Waals surface area contributed by atoms with E-state index in [9.17, 15) is 14.4 Å². The van der Waals surface area contributed by atoms with E-state index in [1.54, 1.807) is 6.08 Å². The van der Waals surface area contributed by atoms with Crippen molar-refractivity contribution >= 4 is 17.9 Å². The maximum atomic E-state index is 12.6. The molecule has 6 nitrogen and oxygen atoms in total. The van der Waals surface area contributed by atoms with Crippen LogP contribution in [0.2, 0.25) is 0 Å². The Labute approximate surface area is 320 Å². The Morgan fingerprint density at radius 3 is 1.25 bits per heavy atom. The molecule has 0 aromatic rings. The van der Waals surface area contributed by atoms with Crippen molar-refractivity contribution in [3.05, 3.63) is 48.6 Å². The number of unbranched alkanes of at least 4 members (excludes halogenated alkanes) is 20. The van der Waals surface area contributed by atoms with E-state index in [1.165, 1.54) is 103 Å². The Balaban J connectivity index is 4.38. The van der Waals surface area contributed by atoms with Gasteiger partial charge in [-0.05, 0) is 57.8 Å². The molecule has 300 valence electrons. The zero-order chi connectivity index (χ0) is 38.0.